The topological polar surface area (TPSA) is 55.1 Å². The van der Waals surface area contributed by atoms with Crippen molar-refractivity contribution in [1.29, 1.82) is 0 Å². The molecule has 0 spiro atoms. The third kappa shape index (κ3) is 3.02. The Bertz CT molecular complexity index is 331. The molecule has 0 saturated heterocycles. The fourth-order valence-electron chi connectivity index (χ4n) is 2.93. The Morgan fingerprint density at radius 3 is 2.28 bits per heavy atom. The summed E-state index contributed by atoms with van der Waals surface area (Å²) in [6.45, 7) is 2.02. The van der Waals surface area contributed by atoms with Crippen molar-refractivity contribution in [3.63, 3.8) is 0 Å². The van der Waals surface area contributed by atoms with Gasteiger partial charge in [-0.05, 0) is 31.6 Å². The van der Waals surface area contributed by atoms with Crippen molar-refractivity contribution in [2.75, 3.05) is 0 Å². The Labute approximate surface area is 115 Å². The molecule has 0 aromatic carbocycles. The molecule has 1 unspecified atom stereocenters. The zero-order chi connectivity index (χ0) is 13.2. The summed E-state index contributed by atoms with van der Waals surface area (Å²) in [4.78, 5) is 12.8. The van der Waals surface area contributed by atoms with E-state index in [0.717, 1.165) is 25.7 Å². The van der Waals surface area contributed by atoms with Crippen LogP contribution in [0.15, 0.2) is 0 Å². The van der Waals surface area contributed by atoms with Gasteiger partial charge in [-0.2, -0.15) is 0 Å². The summed E-state index contributed by atoms with van der Waals surface area (Å²) in [7, 11) is 0. The molecule has 2 rings (SSSR count). The maximum Gasteiger partial charge on any atom is 0.223 e. The quantitative estimate of drug-likeness (QED) is 0.608. The first-order valence-electron chi connectivity index (χ1n) is 7.17. The Balaban J connectivity index is 2.04. The van der Waals surface area contributed by atoms with Crippen molar-refractivity contribution in [2.45, 2.75) is 63.8 Å². The van der Waals surface area contributed by atoms with E-state index in [1.165, 1.54) is 25.7 Å². The molecule has 3 N–H and O–H groups in total. The van der Waals surface area contributed by atoms with Crippen molar-refractivity contribution in [2.24, 2.45) is 17.6 Å². The van der Waals surface area contributed by atoms with Crippen LogP contribution >= 0.6 is 12.2 Å². The minimum absolute atomic E-state index is 0.111. The molecule has 1 atom stereocenters. The van der Waals surface area contributed by atoms with Crippen LogP contribution in [0.3, 0.4) is 0 Å². The highest BCUT2D eigenvalue weighted by molar-refractivity contribution is 7.80. The molecule has 1 amide bonds. The van der Waals surface area contributed by atoms with Gasteiger partial charge in [0, 0.05) is 5.92 Å². The van der Waals surface area contributed by atoms with Crippen LogP contribution in [-0.2, 0) is 4.79 Å². The van der Waals surface area contributed by atoms with Crippen molar-refractivity contribution in [3.05, 3.63) is 0 Å². The fraction of sp³-hybridized carbons (Fsp3) is 0.857. The van der Waals surface area contributed by atoms with Crippen LogP contribution < -0.4 is 11.1 Å². The zero-order valence-corrected chi connectivity index (χ0v) is 12.0. The molecule has 2 fully saturated rings. The van der Waals surface area contributed by atoms with Gasteiger partial charge in [0.25, 0.3) is 0 Å². The maximum atomic E-state index is 12.3. The number of hydrogen-bond donors (Lipinski definition) is 2. The van der Waals surface area contributed by atoms with Crippen LogP contribution in [0.5, 0.6) is 0 Å². The highest BCUT2D eigenvalue weighted by Crippen LogP contribution is 2.37. The molecular formula is C14H24N2OS. The standard InChI is InChI=1S/C14H24N2OS/c1-10(11-6-7-11)12(17)16-14(13(15)18)8-4-2-3-5-9-14/h10-11H,2-9H2,1H3,(H2,15,18)(H,16,17). The van der Waals surface area contributed by atoms with Gasteiger partial charge in [0.05, 0.1) is 10.5 Å². The Morgan fingerprint density at radius 2 is 1.83 bits per heavy atom. The fourth-order valence-corrected chi connectivity index (χ4v) is 3.18. The first-order chi connectivity index (χ1) is 8.55. The van der Waals surface area contributed by atoms with E-state index in [1.54, 1.807) is 0 Å². The van der Waals surface area contributed by atoms with E-state index < -0.39 is 5.54 Å². The average Bonchev–Trinajstić information content (AvgIpc) is 3.15. The highest BCUT2D eigenvalue weighted by Gasteiger charge is 2.39. The predicted octanol–water partition coefficient (Wildman–Crippen LogP) is 2.53. The summed E-state index contributed by atoms with van der Waals surface area (Å²) in [5.74, 6) is 0.839. The molecule has 0 aliphatic heterocycles. The number of nitrogens with two attached hydrogens (primary N) is 1. The van der Waals surface area contributed by atoms with Crippen LogP contribution in [0.2, 0.25) is 0 Å². The lowest BCUT2D eigenvalue weighted by Gasteiger charge is -2.34. The summed E-state index contributed by atoms with van der Waals surface area (Å²) in [5.41, 5.74) is 5.52. The molecule has 2 aliphatic carbocycles. The molecule has 0 bridgehead atoms. The molecule has 0 aromatic rings. The smallest absolute Gasteiger partial charge is 0.223 e. The molecule has 3 nitrogen and oxygen atoms in total. The van der Waals surface area contributed by atoms with Gasteiger partial charge < -0.3 is 11.1 Å². The number of hydrogen-bond acceptors (Lipinski definition) is 2. The molecule has 0 aromatic heterocycles. The third-order valence-electron chi connectivity index (χ3n) is 4.53. The predicted molar refractivity (Wildman–Crippen MR) is 77.2 cm³/mol. The van der Waals surface area contributed by atoms with E-state index in [4.69, 9.17) is 18.0 Å². The molecular weight excluding hydrogens is 244 g/mol. The molecule has 2 saturated carbocycles. The molecule has 4 heteroatoms. The lowest BCUT2D eigenvalue weighted by Crippen LogP contribution is -2.57. The van der Waals surface area contributed by atoms with Crippen LogP contribution in [0.1, 0.15) is 58.3 Å². The second-order valence-corrected chi connectivity index (χ2v) is 6.42. The van der Waals surface area contributed by atoms with Gasteiger partial charge in [0.1, 0.15) is 0 Å². The van der Waals surface area contributed by atoms with Crippen LogP contribution in [0.4, 0.5) is 0 Å². The van der Waals surface area contributed by atoms with Gasteiger partial charge in [-0.25, -0.2) is 0 Å². The Kier molecular flexibility index (Phi) is 4.25. The first kappa shape index (κ1) is 13.8. The molecule has 102 valence electrons. The Hall–Kier alpha value is -0.640. The summed E-state index contributed by atoms with van der Waals surface area (Å²) in [6, 6.07) is 0. The largest absolute Gasteiger partial charge is 0.391 e. The SMILES string of the molecule is CC(C(=O)NC1(C(N)=S)CCCCCC1)C1CC1. The normalized spacial score (nSPS) is 24.9. The minimum atomic E-state index is -0.411. The van der Waals surface area contributed by atoms with E-state index in [0.29, 0.717) is 10.9 Å². The van der Waals surface area contributed by atoms with Gasteiger partial charge in [-0.15, -0.1) is 0 Å². The number of carbonyl (C=O) groups is 1. The molecule has 0 heterocycles. The molecule has 2 aliphatic rings. The van der Waals surface area contributed by atoms with Gasteiger partial charge >= 0.3 is 0 Å². The van der Waals surface area contributed by atoms with E-state index in [1.807, 2.05) is 6.92 Å². The summed E-state index contributed by atoms with van der Waals surface area (Å²) in [6.07, 6.45) is 8.85. The zero-order valence-electron chi connectivity index (χ0n) is 11.2. The average molecular weight is 268 g/mol. The summed E-state index contributed by atoms with van der Waals surface area (Å²) < 4.78 is 0. The minimum Gasteiger partial charge on any atom is -0.391 e. The van der Waals surface area contributed by atoms with E-state index in [-0.39, 0.29) is 11.8 Å². The van der Waals surface area contributed by atoms with Gasteiger partial charge in [-0.3, -0.25) is 4.79 Å². The Morgan fingerprint density at radius 1 is 1.28 bits per heavy atom. The summed E-state index contributed by atoms with van der Waals surface area (Å²) in [5, 5.41) is 3.19. The van der Waals surface area contributed by atoms with E-state index in [2.05, 4.69) is 5.32 Å². The van der Waals surface area contributed by atoms with Crippen LogP contribution in [0.25, 0.3) is 0 Å². The number of thiocarbonyl (C=S) groups is 1. The van der Waals surface area contributed by atoms with Gasteiger partial charge in [0.2, 0.25) is 5.91 Å². The van der Waals surface area contributed by atoms with E-state index in [9.17, 15) is 4.79 Å². The maximum absolute atomic E-state index is 12.3. The van der Waals surface area contributed by atoms with Crippen molar-refractivity contribution < 1.29 is 4.79 Å². The van der Waals surface area contributed by atoms with Crippen molar-refractivity contribution >= 4 is 23.1 Å². The van der Waals surface area contributed by atoms with Gasteiger partial charge in [-0.1, -0.05) is 44.8 Å². The number of rotatable bonds is 4. The summed E-state index contributed by atoms with van der Waals surface area (Å²) >= 11 is 5.24. The third-order valence-corrected chi connectivity index (χ3v) is 4.92. The van der Waals surface area contributed by atoms with Gasteiger partial charge in [0.15, 0.2) is 0 Å². The monoisotopic (exact) mass is 268 g/mol. The highest BCUT2D eigenvalue weighted by atomic mass is 32.1. The van der Waals surface area contributed by atoms with E-state index >= 15 is 0 Å². The number of amides is 1. The first-order valence-corrected chi connectivity index (χ1v) is 7.58. The molecule has 0 radical (unpaired) electrons. The van der Waals surface area contributed by atoms with Crippen molar-refractivity contribution in [1.82, 2.24) is 5.32 Å². The number of carbonyl (C=O) groups excluding carboxylic acids is 1. The second kappa shape index (κ2) is 5.55. The lowest BCUT2D eigenvalue weighted by atomic mass is 9.89. The number of nitrogens with one attached hydrogen (secondary N) is 1. The second-order valence-electron chi connectivity index (χ2n) is 5.98. The van der Waals surface area contributed by atoms with Crippen LogP contribution in [0, 0.1) is 11.8 Å². The molecule has 18 heavy (non-hydrogen) atoms. The van der Waals surface area contributed by atoms with Crippen LogP contribution in [-0.4, -0.2) is 16.4 Å². The van der Waals surface area contributed by atoms with Crippen molar-refractivity contribution in [3.8, 4) is 0 Å². The lowest BCUT2D eigenvalue weighted by molar-refractivity contribution is -0.126.